The molecule has 0 fully saturated rings. The number of hydrogen-bond donors (Lipinski definition) is 2. The number of para-hydroxylation sites is 4. The molecule has 4 aromatic rings. The Morgan fingerprint density at radius 2 is 0.857 bits per heavy atom. The molecular weight excluding hydrogens is 360 g/mol. The maximum absolute atomic E-state index is 3.44. The van der Waals surface area contributed by atoms with E-state index in [0.29, 0.717) is 0 Å². The van der Waals surface area contributed by atoms with Crippen molar-refractivity contribution in [2.45, 2.75) is 16.2 Å². The summed E-state index contributed by atoms with van der Waals surface area (Å²) < 4.78 is 0. The van der Waals surface area contributed by atoms with Crippen LogP contribution in [0.3, 0.4) is 0 Å². The zero-order valence-corrected chi connectivity index (χ0v) is 16.2. The van der Waals surface area contributed by atoms with Crippen LogP contribution in [0, 0.1) is 0 Å². The van der Waals surface area contributed by atoms with E-state index in [2.05, 4.69) is 108 Å². The molecule has 0 aliphatic carbocycles. The van der Waals surface area contributed by atoms with Gasteiger partial charge in [0.1, 0.15) is 0 Å². The third kappa shape index (κ3) is 3.37. The molecule has 2 aliphatic rings. The van der Waals surface area contributed by atoms with Gasteiger partial charge in [-0.15, -0.1) is 0 Å². The predicted molar refractivity (Wildman–Crippen MR) is 119 cm³/mol. The van der Waals surface area contributed by atoms with Crippen molar-refractivity contribution in [2.75, 3.05) is 10.6 Å². The molecule has 0 aromatic heterocycles. The number of rotatable bonds is 0. The molecule has 0 atom stereocenters. The fraction of sp³-hybridized carbons (Fsp3) is 0.0400. The highest BCUT2D eigenvalue weighted by molar-refractivity contribution is 7.99. The highest BCUT2D eigenvalue weighted by Gasteiger charge is 2.13. The smallest absolute Gasteiger partial charge is 0.0526 e. The lowest BCUT2D eigenvalue weighted by molar-refractivity contribution is 1.16. The average Bonchev–Trinajstić information content (AvgIpc) is 2.76. The number of fused-ring (bicyclic) bond motifs is 4. The van der Waals surface area contributed by atoms with E-state index in [4.69, 9.17) is 0 Å². The van der Waals surface area contributed by atoms with Crippen LogP contribution in [0.2, 0.25) is 0 Å². The molecule has 6 rings (SSSR count). The third-order valence-electron chi connectivity index (χ3n) is 4.95. The fourth-order valence-corrected chi connectivity index (χ4v) is 4.51. The molecule has 2 nitrogen and oxygen atoms in total. The van der Waals surface area contributed by atoms with Gasteiger partial charge in [0.15, 0.2) is 0 Å². The van der Waals surface area contributed by atoms with Gasteiger partial charge in [-0.05, 0) is 47.5 Å². The van der Waals surface area contributed by atoms with E-state index in [1.165, 1.54) is 43.7 Å². The van der Waals surface area contributed by atoms with Crippen molar-refractivity contribution in [2.24, 2.45) is 0 Å². The summed E-state index contributed by atoms with van der Waals surface area (Å²) in [5.74, 6) is 0. The SMILES string of the molecule is c1ccc2c(c1)Cc1ccccc1N2.c1ccc2c(c1)Nc1ccccc1S2. The molecule has 28 heavy (non-hydrogen) atoms. The van der Waals surface area contributed by atoms with Crippen molar-refractivity contribution in [1.82, 2.24) is 0 Å². The number of hydrogen-bond acceptors (Lipinski definition) is 3. The monoisotopic (exact) mass is 380 g/mol. The zero-order chi connectivity index (χ0) is 18.8. The van der Waals surface area contributed by atoms with E-state index in [0.717, 1.165) is 6.42 Å². The Kier molecular flexibility index (Phi) is 4.51. The fourth-order valence-electron chi connectivity index (χ4n) is 3.52. The first-order valence-electron chi connectivity index (χ1n) is 9.42. The van der Waals surface area contributed by atoms with E-state index >= 15 is 0 Å². The van der Waals surface area contributed by atoms with Gasteiger partial charge in [-0.2, -0.15) is 0 Å². The van der Waals surface area contributed by atoms with Gasteiger partial charge < -0.3 is 10.6 Å². The maximum Gasteiger partial charge on any atom is 0.0526 e. The first kappa shape index (κ1) is 17.0. The number of nitrogens with one attached hydrogen (secondary N) is 2. The molecule has 0 bridgehead atoms. The molecule has 0 amide bonds. The maximum atomic E-state index is 3.44. The Labute approximate surface area is 169 Å². The Bertz CT molecular complexity index is 870. The van der Waals surface area contributed by atoms with Crippen molar-refractivity contribution in [3.8, 4) is 0 Å². The van der Waals surface area contributed by atoms with Gasteiger partial charge in [-0.3, -0.25) is 0 Å². The van der Waals surface area contributed by atoms with Crippen LogP contribution in [-0.2, 0) is 6.42 Å². The first-order chi connectivity index (χ1) is 13.9. The van der Waals surface area contributed by atoms with Crippen molar-refractivity contribution in [3.63, 3.8) is 0 Å². The Hall–Kier alpha value is -3.17. The lowest BCUT2D eigenvalue weighted by Crippen LogP contribution is -2.05. The van der Waals surface area contributed by atoms with Crippen molar-refractivity contribution in [3.05, 3.63) is 108 Å². The molecule has 136 valence electrons. The number of anilines is 4. The molecule has 0 saturated carbocycles. The molecule has 2 heterocycles. The number of benzene rings is 4. The largest absolute Gasteiger partial charge is 0.355 e. The van der Waals surface area contributed by atoms with Gasteiger partial charge in [-0.25, -0.2) is 0 Å². The Morgan fingerprint density at radius 1 is 0.464 bits per heavy atom. The van der Waals surface area contributed by atoms with Crippen LogP contribution < -0.4 is 10.6 Å². The summed E-state index contributed by atoms with van der Waals surface area (Å²) in [5.41, 5.74) is 7.65. The van der Waals surface area contributed by atoms with Crippen molar-refractivity contribution >= 4 is 34.5 Å². The molecule has 0 unspecified atom stereocenters. The minimum absolute atomic E-state index is 1.04. The second kappa shape index (κ2) is 7.45. The highest BCUT2D eigenvalue weighted by atomic mass is 32.2. The molecule has 0 spiro atoms. The van der Waals surface area contributed by atoms with E-state index in [1.807, 2.05) is 11.8 Å². The molecule has 3 heteroatoms. The van der Waals surface area contributed by atoms with Crippen LogP contribution in [0.25, 0.3) is 0 Å². The van der Waals surface area contributed by atoms with Gasteiger partial charge in [0.25, 0.3) is 0 Å². The van der Waals surface area contributed by atoms with Crippen LogP contribution >= 0.6 is 11.8 Å². The van der Waals surface area contributed by atoms with Gasteiger partial charge in [-0.1, -0.05) is 72.4 Å². The van der Waals surface area contributed by atoms with Crippen LogP contribution in [0.5, 0.6) is 0 Å². The summed E-state index contributed by atoms with van der Waals surface area (Å²) >= 11 is 1.82. The first-order valence-corrected chi connectivity index (χ1v) is 10.2. The molecule has 2 N–H and O–H groups in total. The second-order valence-corrected chi connectivity index (χ2v) is 7.92. The Balaban J connectivity index is 0.000000122. The molecule has 0 saturated heterocycles. The van der Waals surface area contributed by atoms with Gasteiger partial charge in [0, 0.05) is 27.6 Å². The standard InChI is InChI=1S/C13H11N.C12H9NS/c1-3-7-12-10(5-1)9-11-6-2-4-8-13(11)14-12;1-3-7-11-9(5-1)13-10-6-2-4-8-12(10)14-11/h1-8,14H,9H2;1-8,13H. The lowest BCUT2D eigenvalue weighted by atomic mass is 9.98. The summed E-state index contributed by atoms with van der Waals surface area (Å²) in [6, 6.07) is 33.7. The minimum atomic E-state index is 1.04. The highest BCUT2D eigenvalue weighted by Crippen LogP contribution is 2.43. The topological polar surface area (TPSA) is 24.1 Å². The van der Waals surface area contributed by atoms with Crippen molar-refractivity contribution in [1.29, 1.82) is 0 Å². The third-order valence-corrected chi connectivity index (χ3v) is 6.10. The summed E-state index contributed by atoms with van der Waals surface area (Å²) in [4.78, 5) is 2.59. The van der Waals surface area contributed by atoms with Gasteiger partial charge in [0.05, 0.1) is 11.4 Å². The van der Waals surface area contributed by atoms with E-state index in [1.54, 1.807) is 0 Å². The summed E-state index contributed by atoms with van der Waals surface area (Å²) in [6.45, 7) is 0. The molecule has 2 aliphatic heterocycles. The van der Waals surface area contributed by atoms with Gasteiger partial charge >= 0.3 is 0 Å². The molecular formula is C25H20N2S. The average molecular weight is 381 g/mol. The van der Waals surface area contributed by atoms with Crippen LogP contribution in [-0.4, -0.2) is 0 Å². The Morgan fingerprint density at radius 3 is 1.39 bits per heavy atom. The predicted octanol–water partition coefficient (Wildman–Crippen LogP) is 7.23. The lowest BCUT2D eigenvalue weighted by Gasteiger charge is -2.20. The van der Waals surface area contributed by atoms with Crippen LogP contribution in [0.15, 0.2) is 107 Å². The zero-order valence-electron chi connectivity index (χ0n) is 15.4. The normalized spacial score (nSPS) is 12.6. The van der Waals surface area contributed by atoms with Crippen LogP contribution in [0.4, 0.5) is 22.7 Å². The molecule has 4 aromatic carbocycles. The summed E-state index contributed by atoms with van der Waals surface area (Å²) in [6.07, 6.45) is 1.04. The second-order valence-electron chi connectivity index (χ2n) is 6.84. The van der Waals surface area contributed by atoms with Crippen LogP contribution in [0.1, 0.15) is 11.1 Å². The minimum Gasteiger partial charge on any atom is -0.355 e. The van der Waals surface area contributed by atoms with Crippen molar-refractivity contribution < 1.29 is 0 Å². The summed E-state index contributed by atoms with van der Waals surface area (Å²) in [7, 11) is 0. The quantitative estimate of drug-likeness (QED) is 0.291. The summed E-state index contributed by atoms with van der Waals surface area (Å²) in [5, 5.41) is 6.86. The van der Waals surface area contributed by atoms with E-state index in [-0.39, 0.29) is 0 Å². The van der Waals surface area contributed by atoms with Gasteiger partial charge in [0.2, 0.25) is 0 Å². The van der Waals surface area contributed by atoms with E-state index in [9.17, 15) is 0 Å². The van der Waals surface area contributed by atoms with E-state index < -0.39 is 0 Å². The molecule has 0 radical (unpaired) electrons.